The maximum absolute atomic E-state index is 9.62. The first-order valence-corrected chi connectivity index (χ1v) is 4.02. The van der Waals surface area contributed by atoms with Crippen molar-refractivity contribution in [2.45, 2.75) is 18.9 Å². The van der Waals surface area contributed by atoms with Crippen molar-refractivity contribution in [3.05, 3.63) is 5.82 Å². The van der Waals surface area contributed by atoms with E-state index >= 15 is 0 Å². The molecule has 0 aliphatic heterocycles. The Bertz CT molecular complexity index is 274. The Morgan fingerprint density at radius 3 is 2.62 bits per heavy atom. The predicted molar refractivity (Wildman–Crippen MR) is 48.8 cm³/mol. The Morgan fingerprint density at radius 1 is 1.62 bits per heavy atom. The van der Waals surface area contributed by atoms with Crippen LogP contribution in [-0.4, -0.2) is 32.0 Å². The van der Waals surface area contributed by atoms with E-state index < -0.39 is 5.60 Å². The van der Waals surface area contributed by atoms with E-state index in [0.717, 1.165) is 0 Å². The third-order valence-corrected chi connectivity index (χ3v) is 1.82. The van der Waals surface area contributed by atoms with Crippen LogP contribution < -0.4 is 11.5 Å². The number of aromatic nitrogens is 3. The summed E-state index contributed by atoms with van der Waals surface area (Å²) in [6.07, 6.45) is 0.314. The molecule has 6 heteroatoms. The maximum Gasteiger partial charge on any atom is 0.218 e. The summed E-state index contributed by atoms with van der Waals surface area (Å²) in [7, 11) is 1.70. The standard InChI is InChI=1S/C7H15N5O/c1-7(13,4-8)3-5-10-6(9)12(2)11-5/h13H,3-4,8H2,1-2H3,(H2,9,10,11). The van der Waals surface area contributed by atoms with Crippen molar-refractivity contribution in [3.8, 4) is 0 Å². The summed E-state index contributed by atoms with van der Waals surface area (Å²) < 4.78 is 1.46. The first kappa shape index (κ1) is 9.94. The minimum absolute atomic E-state index is 0.172. The number of nitrogens with zero attached hydrogens (tertiary/aromatic N) is 3. The van der Waals surface area contributed by atoms with Gasteiger partial charge in [-0.05, 0) is 6.92 Å². The summed E-state index contributed by atoms with van der Waals surface area (Å²) >= 11 is 0. The van der Waals surface area contributed by atoms with E-state index in [0.29, 0.717) is 18.2 Å². The summed E-state index contributed by atoms with van der Waals surface area (Å²) in [5.41, 5.74) is 9.87. The van der Waals surface area contributed by atoms with Gasteiger partial charge < -0.3 is 16.6 Å². The maximum atomic E-state index is 9.62. The van der Waals surface area contributed by atoms with Crippen molar-refractivity contribution >= 4 is 5.95 Å². The highest BCUT2D eigenvalue weighted by atomic mass is 16.3. The summed E-state index contributed by atoms with van der Waals surface area (Å²) in [5.74, 6) is 0.846. The second kappa shape index (κ2) is 3.31. The van der Waals surface area contributed by atoms with Crippen molar-refractivity contribution in [2.24, 2.45) is 12.8 Å². The monoisotopic (exact) mass is 185 g/mol. The van der Waals surface area contributed by atoms with Crippen molar-refractivity contribution in [2.75, 3.05) is 12.3 Å². The summed E-state index contributed by atoms with van der Waals surface area (Å²) in [6, 6.07) is 0. The molecule has 1 atom stereocenters. The van der Waals surface area contributed by atoms with Gasteiger partial charge in [-0.1, -0.05) is 0 Å². The second-order valence-corrected chi connectivity index (χ2v) is 3.39. The molecule has 0 aromatic carbocycles. The molecule has 0 saturated heterocycles. The fourth-order valence-electron chi connectivity index (χ4n) is 0.939. The van der Waals surface area contributed by atoms with Crippen molar-refractivity contribution in [3.63, 3.8) is 0 Å². The van der Waals surface area contributed by atoms with E-state index in [1.165, 1.54) is 4.68 Å². The minimum atomic E-state index is -0.964. The molecule has 0 aliphatic rings. The van der Waals surface area contributed by atoms with Gasteiger partial charge in [0.1, 0.15) is 0 Å². The zero-order chi connectivity index (χ0) is 10.1. The first-order chi connectivity index (χ1) is 5.94. The molecule has 0 saturated carbocycles. The molecule has 0 radical (unpaired) electrons. The van der Waals surface area contributed by atoms with Crippen molar-refractivity contribution in [1.29, 1.82) is 0 Å². The molecular weight excluding hydrogens is 170 g/mol. The average Bonchev–Trinajstić information content (AvgIpc) is 2.30. The number of nitrogens with two attached hydrogens (primary N) is 2. The number of rotatable bonds is 3. The lowest BCUT2D eigenvalue weighted by molar-refractivity contribution is 0.0675. The minimum Gasteiger partial charge on any atom is -0.388 e. The van der Waals surface area contributed by atoms with Gasteiger partial charge in [-0.15, -0.1) is 0 Å². The normalized spacial score (nSPS) is 15.7. The zero-order valence-electron chi connectivity index (χ0n) is 7.86. The molecule has 1 aromatic heterocycles. The number of nitrogen functional groups attached to an aromatic ring is 1. The summed E-state index contributed by atoms with van der Waals surface area (Å²) in [6.45, 7) is 1.81. The molecule has 74 valence electrons. The van der Waals surface area contributed by atoms with Crippen LogP contribution in [0.1, 0.15) is 12.7 Å². The molecule has 1 unspecified atom stereocenters. The summed E-state index contributed by atoms with van der Waals surface area (Å²) in [4.78, 5) is 3.96. The lowest BCUT2D eigenvalue weighted by Gasteiger charge is -2.18. The molecule has 1 rings (SSSR count). The van der Waals surface area contributed by atoms with E-state index in [4.69, 9.17) is 11.5 Å². The summed E-state index contributed by atoms with van der Waals surface area (Å²) in [5, 5.41) is 13.6. The van der Waals surface area contributed by atoms with Crippen LogP contribution in [-0.2, 0) is 13.5 Å². The number of aliphatic hydroxyl groups is 1. The molecule has 5 N–H and O–H groups in total. The average molecular weight is 185 g/mol. The van der Waals surface area contributed by atoms with Gasteiger partial charge >= 0.3 is 0 Å². The fraction of sp³-hybridized carbons (Fsp3) is 0.714. The van der Waals surface area contributed by atoms with Gasteiger partial charge in [0.05, 0.1) is 5.60 Å². The zero-order valence-corrected chi connectivity index (χ0v) is 7.86. The third-order valence-electron chi connectivity index (χ3n) is 1.82. The number of hydrogen-bond donors (Lipinski definition) is 3. The molecular formula is C7H15N5O. The Balaban J connectivity index is 2.75. The molecule has 0 spiro atoms. The second-order valence-electron chi connectivity index (χ2n) is 3.39. The quantitative estimate of drug-likeness (QED) is 0.540. The largest absolute Gasteiger partial charge is 0.388 e. The van der Waals surface area contributed by atoms with Crippen LogP contribution in [0.2, 0.25) is 0 Å². The molecule has 1 aromatic rings. The van der Waals surface area contributed by atoms with Gasteiger partial charge in [0.15, 0.2) is 5.82 Å². The SMILES string of the molecule is Cn1nc(CC(C)(O)CN)nc1N. The van der Waals surface area contributed by atoms with Gasteiger partial charge in [0, 0.05) is 20.0 Å². The lowest BCUT2D eigenvalue weighted by Crippen LogP contribution is -2.36. The van der Waals surface area contributed by atoms with E-state index in [1.807, 2.05) is 0 Å². The molecule has 0 fully saturated rings. The smallest absolute Gasteiger partial charge is 0.218 e. The highest BCUT2D eigenvalue weighted by Crippen LogP contribution is 2.09. The van der Waals surface area contributed by atoms with Crippen molar-refractivity contribution < 1.29 is 5.11 Å². The molecule has 1 heterocycles. The molecule has 0 aliphatic carbocycles. The Hall–Kier alpha value is -1.14. The number of hydrogen-bond acceptors (Lipinski definition) is 5. The predicted octanol–water partition coefficient (Wildman–Crippen LogP) is -1.35. The van der Waals surface area contributed by atoms with Crippen LogP contribution in [0.4, 0.5) is 5.95 Å². The van der Waals surface area contributed by atoms with Gasteiger partial charge in [-0.2, -0.15) is 10.1 Å². The van der Waals surface area contributed by atoms with Crippen molar-refractivity contribution in [1.82, 2.24) is 14.8 Å². The molecule has 13 heavy (non-hydrogen) atoms. The van der Waals surface area contributed by atoms with E-state index in [2.05, 4.69) is 10.1 Å². The third kappa shape index (κ3) is 2.40. The van der Waals surface area contributed by atoms with E-state index in [9.17, 15) is 5.11 Å². The molecule has 0 amide bonds. The molecule has 6 nitrogen and oxygen atoms in total. The van der Waals surface area contributed by atoms with Gasteiger partial charge in [-0.3, -0.25) is 0 Å². The van der Waals surface area contributed by atoms with Gasteiger partial charge in [-0.25, -0.2) is 4.68 Å². The Kier molecular flexibility index (Phi) is 2.53. The first-order valence-electron chi connectivity index (χ1n) is 4.02. The van der Waals surface area contributed by atoms with Crippen LogP contribution in [0.25, 0.3) is 0 Å². The number of anilines is 1. The van der Waals surface area contributed by atoms with Crippen LogP contribution >= 0.6 is 0 Å². The van der Waals surface area contributed by atoms with Gasteiger partial charge in [0.25, 0.3) is 0 Å². The van der Waals surface area contributed by atoms with Crippen LogP contribution in [0.5, 0.6) is 0 Å². The van der Waals surface area contributed by atoms with Crippen LogP contribution in [0.15, 0.2) is 0 Å². The highest BCUT2D eigenvalue weighted by Gasteiger charge is 2.21. The lowest BCUT2D eigenvalue weighted by atomic mass is 10.0. The highest BCUT2D eigenvalue weighted by molar-refractivity contribution is 5.15. The van der Waals surface area contributed by atoms with E-state index in [1.54, 1.807) is 14.0 Å². The van der Waals surface area contributed by atoms with Crippen LogP contribution in [0.3, 0.4) is 0 Å². The van der Waals surface area contributed by atoms with Gasteiger partial charge in [0.2, 0.25) is 5.95 Å². The topological polar surface area (TPSA) is 103 Å². The Labute approximate surface area is 76.6 Å². The number of aryl methyl sites for hydroxylation is 1. The van der Waals surface area contributed by atoms with Crippen LogP contribution in [0, 0.1) is 0 Å². The Morgan fingerprint density at radius 2 is 2.23 bits per heavy atom. The fourth-order valence-corrected chi connectivity index (χ4v) is 0.939. The van der Waals surface area contributed by atoms with E-state index in [-0.39, 0.29) is 6.54 Å². The molecule has 0 bridgehead atoms.